The molecule has 3 heterocycles. The normalized spacial score (nSPS) is 14.1. The van der Waals surface area contributed by atoms with Crippen LogP contribution < -0.4 is 0 Å². The lowest BCUT2D eigenvalue weighted by Gasteiger charge is -2.33. The van der Waals surface area contributed by atoms with Crippen LogP contribution in [0.2, 0.25) is 0 Å². The molecule has 1 aromatic carbocycles. The molecule has 0 atom stereocenters. The van der Waals surface area contributed by atoms with Crippen LogP contribution in [-0.4, -0.2) is 47.5 Å². The molecule has 5 rings (SSSR count). The van der Waals surface area contributed by atoms with Gasteiger partial charge in [0.05, 0.1) is 25.0 Å². The van der Waals surface area contributed by atoms with Crippen LogP contribution in [-0.2, 0) is 17.8 Å². The van der Waals surface area contributed by atoms with Crippen molar-refractivity contribution in [1.29, 1.82) is 0 Å². The van der Waals surface area contributed by atoms with Crippen molar-refractivity contribution in [2.75, 3.05) is 6.54 Å². The Labute approximate surface area is 205 Å². The first-order chi connectivity index (χ1) is 16.8. The minimum absolute atomic E-state index is 0.254. The Hall–Kier alpha value is -3.68. The van der Waals surface area contributed by atoms with Crippen LogP contribution in [0.4, 0.5) is 4.79 Å². The summed E-state index contributed by atoms with van der Waals surface area (Å²) in [6, 6.07) is 14.0. The van der Waals surface area contributed by atoms with Crippen LogP contribution in [0.5, 0.6) is 0 Å². The van der Waals surface area contributed by atoms with Crippen molar-refractivity contribution in [3.8, 4) is 11.3 Å². The molecule has 1 amide bonds. The van der Waals surface area contributed by atoms with Gasteiger partial charge in [0.15, 0.2) is 0 Å². The van der Waals surface area contributed by atoms with E-state index in [1.165, 1.54) is 19.3 Å². The number of fused-ring (bicyclic) bond motifs is 1. The number of carbonyl (C=O) groups excluding carboxylic acids is 1. The van der Waals surface area contributed by atoms with Crippen molar-refractivity contribution in [2.24, 2.45) is 5.92 Å². The molecule has 182 valence electrons. The lowest BCUT2D eigenvalue weighted by molar-refractivity contribution is 0.0173. The summed E-state index contributed by atoms with van der Waals surface area (Å²) in [7, 11) is 0. The minimum Gasteiger partial charge on any atom is -0.444 e. The SMILES string of the molecule is CC(C)(C)OC(=O)N(Cc1ccc2nc(Cn3cc(-c4ccccc4)nn3)cn2c1)CC1CCC1. The quantitative estimate of drug-likeness (QED) is 0.370. The Morgan fingerprint density at radius 3 is 2.60 bits per heavy atom. The second-order valence-electron chi connectivity index (χ2n) is 10.4. The highest BCUT2D eigenvalue weighted by Crippen LogP contribution is 2.28. The van der Waals surface area contributed by atoms with Gasteiger partial charge in [-0.3, -0.25) is 0 Å². The largest absolute Gasteiger partial charge is 0.444 e. The number of carbonyl (C=O) groups is 1. The van der Waals surface area contributed by atoms with Crippen LogP contribution in [0.25, 0.3) is 16.9 Å². The van der Waals surface area contributed by atoms with Gasteiger partial charge in [0, 0.05) is 24.5 Å². The number of imidazole rings is 1. The number of aromatic nitrogens is 5. The molecule has 1 aliphatic carbocycles. The van der Waals surface area contributed by atoms with Gasteiger partial charge in [-0.1, -0.05) is 48.0 Å². The van der Waals surface area contributed by atoms with E-state index < -0.39 is 5.60 Å². The Kier molecular flexibility index (Phi) is 6.28. The molecule has 0 N–H and O–H groups in total. The smallest absolute Gasteiger partial charge is 0.410 e. The second-order valence-corrected chi connectivity index (χ2v) is 10.4. The van der Waals surface area contributed by atoms with E-state index in [9.17, 15) is 4.79 Å². The molecule has 0 unspecified atom stereocenters. The van der Waals surface area contributed by atoms with E-state index in [4.69, 9.17) is 9.72 Å². The molecule has 1 aliphatic rings. The van der Waals surface area contributed by atoms with Gasteiger partial charge in [-0.05, 0) is 51.2 Å². The van der Waals surface area contributed by atoms with Gasteiger partial charge >= 0.3 is 6.09 Å². The van der Waals surface area contributed by atoms with Crippen LogP contribution >= 0.6 is 0 Å². The maximum atomic E-state index is 12.9. The lowest BCUT2D eigenvalue weighted by atomic mass is 9.85. The molecule has 1 saturated carbocycles. The molecule has 0 radical (unpaired) electrons. The monoisotopic (exact) mass is 472 g/mol. The van der Waals surface area contributed by atoms with Crippen molar-refractivity contribution in [3.63, 3.8) is 0 Å². The highest BCUT2D eigenvalue weighted by atomic mass is 16.6. The molecule has 0 spiro atoms. The average Bonchev–Trinajstić information content (AvgIpc) is 3.41. The summed E-state index contributed by atoms with van der Waals surface area (Å²) >= 11 is 0. The minimum atomic E-state index is -0.514. The predicted molar refractivity (Wildman–Crippen MR) is 134 cm³/mol. The van der Waals surface area contributed by atoms with Crippen molar-refractivity contribution in [3.05, 3.63) is 72.3 Å². The Balaban J connectivity index is 1.30. The number of pyridine rings is 1. The topological polar surface area (TPSA) is 77.5 Å². The lowest BCUT2D eigenvalue weighted by Crippen LogP contribution is -2.40. The third-order valence-corrected chi connectivity index (χ3v) is 6.22. The fourth-order valence-corrected chi connectivity index (χ4v) is 4.28. The summed E-state index contributed by atoms with van der Waals surface area (Å²) < 4.78 is 9.50. The zero-order chi connectivity index (χ0) is 24.4. The van der Waals surface area contributed by atoms with Crippen molar-refractivity contribution >= 4 is 11.7 Å². The third kappa shape index (κ3) is 5.70. The Morgan fingerprint density at radius 2 is 1.89 bits per heavy atom. The molecular formula is C27H32N6O2. The highest BCUT2D eigenvalue weighted by Gasteiger charge is 2.27. The van der Waals surface area contributed by atoms with Gasteiger partial charge in [-0.15, -0.1) is 5.10 Å². The summed E-state index contributed by atoms with van der Waals surface area (Å²) in [6.07, 6.45) is 9.33. The van der Waals surface area contributed by atoms with Crippen molar-refractivity contribution in [2.45, 2.75) is 58.7 Å². The van der Waals surface area contributed by atoms with E-state index in [0.717, 1.165) is 34.7 Å². The van der Waals surface area contributed by atoms with Crippen molar-refractivity contribution in [1.82, 2.24) is 29.3 Å². The van der Waals surface area contributed by atoms with E-state index in [1.807, 2.05) is 91.1 Å². The fraction of sp³-hybridized carbons (Fsp3) is 0.407. The molecule has 8 heteroatoms. The Morgan fingerprint density at radius 1 is 1.09 bits per heavy atom. The number of hydrogen-bond acceptors (Lipinski definition) is 5. The van der Waals surface area contributed by atoms with Gasteiger partial charge in [-0.25, -0.2) is 14.5 Å². The molecular weight excluding hydrogens is 440 g/mol. The zero-order valence-electron chi connectivity index (χ0n) is 20.6. The molecule has 0 bridgehead atoms. The van der Waals surface area contributed by atoms with Gasteiger partial charge in [0.2, 0.25) is 0 Å². The molecule has 0 saturated heterocycles. The van der Waals surface area contributed by atoms with E-state index in [-0.39, 0.29) is 6.09 Å². The molecule has 4 aromatic rings. The molecule has 3 aromatic heterocycles. The maximum Gasteiger partial charge on any atom is 0.410 e. The van der Waals surface area contributed by atoms with Crippen molar-refractivity contribution < 1.29 is 9.53 Å². The van der Waals surface area contributed by atoms with Gasteiger partial charge in [0.1, 0.15) is 16.9 Å². The van der Waals surface area contributed by atoms with E-state index in [2.05, 4.69) is 10.3 Å². The number of ether oxygens (including phenoxy) is 1. The van der Waals surface area contributed by atoms with E-state index in [1.54, 1.807) is 4.68 Å². The van der Waals surface area contributed by atoms with E-state index >= 15 is 0 Å². The van der Waals surface area contributed by atoms with Gasteiger partial charge in [-0.2, -0.15) is 0 Å². The number of rotatable bonds is 7. The molecule has 35 heavy (non-hydrogen) atoms. The molecule has 0 aliphatic heterocycles. The standard InChI is InChI=1S/C27H32N6O2/c1-27(2,3)35-26(34)32(14-20-8-7-9-20)16-21-12-13-25-28-23(17-31(25)15-21)18-33-19-24(29-30-33)22-10-5-4-6-11-22/h4-6,10-13,15,17,19-20H,7-9,14,16,18H2,1-3H3. The van der Waals surface area contributed by atoms with Crippen LogP contribution in [0.15, 0.2) is 61.1 Å². The summed E-state index contributed by atoms with van der Waals surface area (Å²) in [5.41, 5.74) is 4.15. The first-order valence-corrected chi connectivity index (χ1v) is 12.2. The Bertz CT molecular complexity index is 1300. The van der Waals surface area contributed by atoms with Crippen LogP contribution in [0.1, 0.15) is 51.3 Å². The fourth-order valence-electron chi connectivity index (χ4n) is 4.28. The highest BCUT2D eigenvalue weighted by molar-refractivity contribution is 5.68. The first-order valence-electron chi connectivity index (χ1n) is 12.2. The summed E-state index contributed by atoms with van der Waals surface area (Å²) in [5, 5.41) is 8.55. The predicted octanol–water partition coefficient (Wildman–Crippen LogP) is 5.18. The maximum absolute atomic E-state index is 12.9. The molecule has 8 nitrogen and oxygen atoms in total. The van der Waals surface area contributed by atoms with E-state index in [0.29, 0.717) is 19.0 Å². The second kappa shape index (κ2) is 9.52. The zero-order valence-corrected chi connectivity index (χ0v) is 20.6. The number of hydrogen-bond donors (Lipinski definition) is 0. The molecule has 1 fully saturated rings. The van der Waals surface area contributed by atoms with Crippen LogP contribution in [0.3, 0.4) is 0 Å². The summed E-state index contributed by atoms with van der Waals surface area (Å²) in [5.74, 6) is 0.564. The number of amides is 1. The summed E-state index contributed by atoms with van der Waals surface area (Å²) in [4.78, 5) is 19.5. The number of nitrogens with zero attached hydrogens (tertiary/aromatic N) is 6. The van der Waals surface area contributed by atoms with Crippen LogP contribution in [0, 0.1) is 5.92 Å². The third-order valence-electron chi connectivity index (χ3n) is 6.22. The average molecular weight is 473 g/mol. The summed E-state index contributed by atoms with van der Waals surface area (Å²) in [6.45, 7) is 7.50. The first kappa shape index (κ1) is 23.1. The van der Waals surface area contributed by atoms with Gasteiger partial charge in [0.25, 0.3) is 0 Å². The van der Waals surface area contributed by atoms with Gasteiger partial charge < -0.3 is 14.0 Å². The number of benzene rings is 1.